The van der Waals surface area contributed by atoms with Gasteiger partial charge in [-0.1, -0.05) is 24.6 Å². The minimum absolute atomic E-state index is 0.0340. The standard InChI is InChI=1S/C14H17ClFN3/c1-3-17-14(9-11-6-7-19(2)18-11)10-4-5-12(15)13(16)8-10/h4-8,14,17H,3,9H2,1-2H3. The van der Waals surface area contributed by atoms with E-state index in [-0.39, 0.29) is 16.9 Å². The van der Waals surface area contributed by atoms with Crippen molar-refractivity contribution in [1.29, 1.82) is 0 Å². The van der Waals surface area contributed by atoms with Crippen molar-refractivity contribution in [2.24, 2.45) is 7.05 Å². The summed E-state index contributed by atoms with van der Waals surface area (Å²) >= 11 is 5.71. The van der Waals surface area contributed by atoms with Gasteiger partial charge in [-0.2, -0.15) is 5.10 Å². The monoisotopic (exact) mass is 281 g/mol. The van der Waals surface area contributed by atoms with Gasteiger partial charge in [0.05, 0.1) is 10.7 Å². The first kappa shape index (κ1) is 14.0. The molecule has 0 bridgehead atoms. The van der Waals surface area contributed by atoms with Crippen molar-refractivity contribution in [1.82, 2.24) is 15.1 Å². The smallest absolute Gasteiger partial charge is 0.142 e. The fourth-order valence-electron chi connectivity index (χ4n) is 2.06. The second-order valence-corrected chi connectivity index (χ2v) is 4.88. The molecule has 2 rings (SSSR count). The molecule has 0 spiro atoms. The van der Waals surface area contributed by atoms with Crippen LogP contribution in [0, 0.1) is 5.82 Å². The third-order valence-electron chi connectivity index (χ3n) is 2.98. The largest absolute Gasteiger partial charge is 0.310 e. The number of rotatable bonds is 5. The topological polar surface area (TPSA) is 29.9 Å². The molecule has 2 aromatic rings. The zero-order chi connectivity index (χ0) is 13.8. The summed E-state index contributed by atoms with van der Waals surface area (Å²) in [4.78, 5) is 0. The molecule has 1 N–H and O–H groups in total. The third-order valence-corrected chi connectivity index (χ3v) is 3.29. The Balaban J connectivity index is 2.21. The summed E-state index contributed by atoms with van der Waals surface area (Å²) < 4.78 is 15.3. The highest BCUT2D eigenvalue weighted by Crippen LogP contribution is 2.22. The minimum Gasteiger partial charge on any atom is -0.310 e. The molecule has 1 unspecified atom stereocenters. The summed E-state index contributed by atoms with van der Waals surface area (Å²) in [6, 6.07) is 6.93. The number of halogens is 2. The lowest BCUT2D eigenvalue weighted by atomic mass is 10.0. The van der Waals surface area contributed by atoms with Crippen molar-refractivity contribution in [2.75, 3.05) is 6.54 Å². The van der Waals surface area contributed by atoms with E-state index in [0.29, 0.717) is 0 Å². The van der Waals surface area contributed by atoms with Crippen LogP contribution in [0.3, 0.4) is 0 Å². The predicted octanol–water partition coefficient (Wildman–Crippen LogP) is 3.11. The third kappa shape index (κ3) is 3.55. The van der Waals surface area contributed by atoms with E-state index in [0.717, 1.165) is 24.2 Å². The first-order valence-corrected chi connectivity index (χ1v) is 6.64. The fraction of sp³-hybridized carbons (Fsp3) is 0.357. The maximum atomic E-state index is 13.5. The van der Waals surface area contributed by atoms with E-state index in [4.69, 9.17) is 11.6 Å². The van der Waals surface area contributed by atoms with Crippen LogP contribution >= 0.6 is 11.6 Å². The molecule has 1 heterocycles. The van der Waals surface area contributed by atoms with Gasteiger partial charge < -0.3 is 5.32 Å². The molecule has 19 heavy (non-hydrogen) atoms. The number of nitrogens with zero attached hydrogens (tertiary/aromatic N) is 2. The summed E-state index contributed by atoms with van der Waals surface area (Å²) in [6.45, 7) is 2.83. The Hall–Kier alpha value is -1.39. The Bertz CT molecular complexity index is 553. The van der Waals surface area contributed by atoms with Crippen LogP contribution < -0.4 is 5.32 Å². The van der Waals surface area contributed by atoms with Crippen LogP contribution in [0.4, 0.5) is 4.39 Å². The molecule has 0 saturated carbocycles. The van der Waals surface area contributed by atoms with Crippen LogP contribution in [-0.2, 0) is 13.5 Å². The summed E-state index contributed by atoms with van der Waals surface area (Å²) in [7, 11) is 1.88. The molecular weight excluding hydrogens is 265 g/mol. The van der Waals surface area contributed by atoms with Crippen molar-refractivity contribution in [3.63, 3.8) is 0 Å². The van der Waals surface area contributed by atoms with Gasteiger partial charge in [0, 0.05) is 25.7 Å². The molecular formula is C14H17ClFN3. The van der Waals surface area contributed by atoms with Crippen LogP contribution in [-0.4, -0.2) is 16.3 Å². The summed E-state index contributed by atoms with van der Waals surface area (Å²) in [5, 5.41) is 7.85. The predicted molar refractivity (Wildman–Crippen MR) is 74.7 cm³/mol. The van der Waals surface area contributed by atoms with Gasteiger partial charge in [0.1, 0.15) is 5.82 Å². The van der Waals surface area contributed by atoms with Crippen LogP contribution in [0.2, 0.25) is 5.02 Å². The molecule has 0 fully saturated rings. The minimum atomic E-state index is -0.386. The van der Waals surface area contributed by atoms with Gasteiger partial charge in [-0.15, -0.1) is 0 Å². The zero-order valence-corrected chi connectivity index (χ0v) is 11.8. The molecule has 1 aromatic heterocycles. The maximum absolute atomic E-state index is 13.5. The molecule has 1 atom stereocenters. The van der Waals surface area contributed by atoms with E-state index in [2.05, 4.69) is 10.4 Å². The average molecular weight is 282 g/mol. The van der Waals surface area contributed by atoms with E-state index < -0.39 is 0 Å². The van der Waals surface area contributed by atoms with E-state index in [9.17, 15) is 4.39 Å². The Morgan fingerprint density at radius 3 is 2.79 bits per heavy atom. The number of aromatic nitrogens is 2. The SMILES string of the molecule is CCNC(Cc1ccn(C)n1)c1ccc(Cl)c(F)c1. The number of likely N-dealkylation sites (N-methyl/N-ethyl adjacent to an activating group) is 1. The quantitative estimate of drug-likeness (QED) is 0.913. The van der Waals surface area contributed by atoms with Crippen LogP contribution in [0.5, 0.6) is 0 Å². The lowest BCUT2D eigenvalue weighted by molar-refractivity contribution is 0.534. The first-order chi connectivity index (χ1) is 9.10. The molecule has 0 saturated heterocycles. The highest BCUT2D eigenvalue weighted by Gasteiger charge is 2.14. The van der Waals surface area contributed by atoms with Gasteiger partial charge in [-0.25, -0.2) is 4.39 Å². The Morgan fingerprint density at radius 2 is 2.21 bits per heavy atom. The average Bonchev–Trinajstić information content (AvgIpc) is 2.78. The summed E-state index contributed by atoms with van der Waals surface area (Å²) in [5.41, 5.74) is 1.86. The van der Waals surface area contributed by atoms with Crippen molar-refractivity contribution < 1.29 is 4.39 Å². The second-order valence-electron chi connectivity index (χ2n) is 4.47. The lowest BCUT2D eigenvalue weighted by Gasteiger charge is -2.17. The van der Waals surface area contributed by atoms with E-state index in [1.54, 1.807) is 10.7 Å². The highest BCUT2D eigenvalue weighted by molar-refractivity contribution is 6.30. The number of hydrogen-bond acceptors (Lipinski definition) is 2. The van der Waals surface area contributed by atoms with Gasteiger partial charge in [0.15, 0.2) is 0 Å². The fourth-order valence-corrected chi connectivity index (χ4v) is 2.18. The van der Waals surface area contributed by atoms with Crippen molar-refractivity contribution >= 4 is 11.6 Å². The van der Waals surface area contributed by atoms with Gasteiger partial charge >= 0.3 is 0 Å². The van der Waals surface area contributed by atoms with Gasteiger partial charge in [-0.05, 0) is 30.3 Å². The molecule has 0 aliphatic heterocycles. The number of aryl methyl sites for hydroxylation is 1. The van der Waals surface area contributed by atoms with Crippen LogP contribution in [0.15, 0.2) is 30.5 Å². The summed E-state index contributed by atoms with van der Waals surface area (Å²) in [6.07, 6.45) is 2.62. The number of hydrogen-bond donors (Lipinski definition) is 1. The van der Waals surface area contributed by atoms with Crippen molar-refractivity contribution in [3.8, 4) is 0 Å². The second kappa shape index (κ2) is 6.17. The van der Waals surface area contributed by atoms with Gasteiger partial charge in [0.2, 0.25) is 0 Å². The van der Waals surface area contributed by atoms with Gasteiger partial charge in [-0.3, -0.25) is 4.68 Å². The van der Waals surface area contributed by atoms with E-state index >= 15 is 0 Å². The van der Waals surface area contributed by atoms with E-state index in [1.807, 2.05) is 32.3 Å². The van der Waals surface area contributed by atoms with E-state index in [1.165, 1.54) is 6.07 Å². The van der Waals surface area contributed by atoms with Crippen molar-refractivity contribution in [3.05, 3.63) is 52.6 Å². The van der Waals surface area contributed by atoms with Gasteiger partial charge in [0.25, 0.3) is 0 Å². The first-order valence-electron chi connectivity index (χ1n) is 6.27. The Kier molecular flexibility index (Phi) is 4.56. The molecule has 5 heteroatoms. The normalized spacial score (nSPS) is 12.6. The zero-order valence-electron chi connectivity index (χ0n) is 11.0. The Morgan fingerprint density at radius 1 is 1.42 bits per heavy atom. The van der Waals surface area contributed by atoms with Crippen molar-refractivity contribution in [2.45, 2.75) is 19.4 Å². The molecule has 0 amide bonds. The molecule has 102 valence electrons. The maximum Gasteiger partial charge on any atom is 0.142 e. The molecule has 0 radical (unpaired) electrons. The molecule has 0 aliphatic carbocycles. The van der Waals surface area contributed by atoms with Crippen LogP contribution in [0.1, 0.15) is 24.2 Å². The number of benzene rings is 1. The lowest BCUT2D eigenvalue weighted by Crippen LogP contribution is -2.23. The molecule has 0 aliphatic rings. The van der Waals surface area contributed by atoms with Crippen LogP contribution in [0.25, 0.3) is 0 Å². The summed E-state index contributed by atoms with van der Waals surface area (Å²) in [5.74, 6) is -0.386. The highest BCUT2D eigenvalue weighted by atomic mass is 35.5. The number of nitrogens with one attached hydrogen (secondary N) is 1. The Labute approximate surface area is 117 Å². The molecule has 1 aromatic carbocycles. The molecule has 3 nitrogen and oxygen atoms in total.